The summed E-state index contributed by atoms with van der Waals surface area (Å²) in [5.41, 5.74) is 7.28. The topological polar surface area (TPSA) is 46.0 Å². The number of hydrogen-bond donors (Lipinski definition) is 0. The van der Waals surface area contributed by atoms with Gasteiger partial charge in [-0.25, -0.2) is 4.98 Å². The molecule has 0 radical (unpaired) electrons. The summed E-state index contributed by atoms with van der Waals surface area (Å²) in [5.74, 6) is 1.91. The molecule has 184 valence electrons. The van der Waals surface area contributed by atoms with Crippen LogP contribution in [0.1, 0.15) is 17.1 Å². The lowest BCUT2D eigenvalue weighted by molar-refractivity contribution is 0.0383. The van der Waals surface area contributed by atoms with Crippen molar-refractivity contribution in [3.05, 3.63) is 59.7 Å². The van der Waals surface area contributed by atoms with Crippen molar-refractivity contribution >= 4 is 5.69 Å². The maximum Gasteiger partial charge on any atom is 0.151 e. The summed E-state index contributed by atoms with van der Waals surface area (Å²) in [5, 5.41) is 0. The van der Waals surface area contributed by atoms with Crippen molar-refractivity contribution in [1.82, 2.24) is 19.4 Å². The molecular formula is C28H35N5O2. The van der Waals surface area contributed by atoms with Gasteiger partial charge in [0.05, 0.1) is 24.6 Å². The van der Waals surface area contributed by atoms with E-state index in [2.05, 4.69) is 75.8 Å². The SMILES string of the molecule is Cc1cc(N2CCN(C)CC2)ccc1-c1ccc2c(c1)OCc1nc(CCN3CCOCC3)cn1-2. The molecule has 1 aromatic heterocycles. The van der Waals surface area contributed by atoms with Gasteiger partial charge in [-0.05, 0) is 54.9 Å². The molecule has 7 nitrogen and oxygen atoms in total. The second-order valence-corrected chi connectivity index (χ2v) is 9.98. The van der Waals surface area contributed by atoms with E-state index in [1.807, 2.05) is 0 Å². The average molecular weight is 474 g/mol. The maximum atomic E-state index is 6.17. The zero-order chi connectivity index (χ0) is 23.8. The van der Waals surface area contributed by atoms with E-state index in [4.69, 9.17) is 14.5 Å². The highest BCUT2D eigenvalue weighted by Crippen LogP contribution is 2.36. The Bertz CT molecular complexity index is 1190. The van der Waals surface area contributed by atoms with E-state index >= 15 is 0 Å². The molecule has 0 bridgehead atoms. The summed E-state index contributed by atoms with van der Waals surface area (Å²) >= 11 is 0. The van der Waals surface area contributed by atoms with Crippen molar-refractivity contribution < 1.29 is 9.47 Å². The van der Waals surface area contributed by atoms with Gasteiger partial charge in [0.15, 0.2) is 5.82 Å². The number of likely N-dealkylation sites (N-methyl/N-ethyl adjacent to an activating group) is 1. The Morgan fingerprint density at radius 1 is 0.943 bits per heavy atom. The molecule has 7 heteroatoms. The van der Waals surface area contributed by atoms with Crippen molar-refractivity contribution in [3.8, 4) is 22.6 Å². The molecule has 35 heavy (non-hydrogen) atoms. The first-order chi connectivity index (χ1) is 17.1. The molecule has 2 aromatic carbocycles. The van der Waals surface area contributed by atoms with Gasteiger partial charge in [-0.1, -0.05) is 12.1 Å². The normalized spacial score (nSPS) is 18.7. The second-order valence-electron chi connectivity index (χ2n) is 9.98. The average Bonchev–Trinajstić information content (AvgIpc) is 3.32. The molecule has 0 saturated carbocycles. The van der Waals surface area contributed by atoms with Gasteiger partial charge in [0, 0.05) is 64.1 Å². The molecule has 0 unspecified atom stereocenters. The quantitative estimate of drug-likeness (QED) is 0.566. The number of hydrogen-bond acceptors (Lipinski definition) is 6. The highest BCUT2D eigenvalue weighted by molar-refractivity contribution is 5.73. The van der Waals surface area contributed by atoms with Crippen molar-refractivity contribution in [2.75, 3.05) is 71.0 Å². The monoisotopic (exact) mass is 473 g/mol. The van der Waals surface area contributed by atoms with Crippen LogP contribution in [0.25, 0.3) is 16.8 Å². The van der Waals surface area contributed by atoms with E-state index in [1.165, 1.54) is 22.4 Å². The number of piperazine rings is 1. The number of nitrogens with zero attached hydrogens (tertiary/aromatic N) is 5. The van der Waals surface area contributed by atoms with Crippen molar-refractivity contribution in [2.24, 2.45) is 0 Å². The fraction of sp³-hybridized carbons (Fsp3) is 0.464. The minimum atomic E-state index is 0.509. The number of anilines is 1. The van der Waals surface area contributed by atoms with Gasteiger partial charge in [-0.3, -0.25) is 9.47 Å². The van der Waals surface area contributed by atoms with E-state index in [9.17, 15) is 0 Å². The van der Waals surface area contributed by atoms with Crippen LogP contribution >= 0.6 is 0 Å². The lowest BCUT2D eigenvalue weighted by atomic mass is 9.98. The number of fused-ring (bicyclic) bond motifs is 3. The number of aryl methyl sites for hydroxylation is 1. The van der Waals surface area contributed by atoms with Gasteiger partial charge in [-0.15, -0.1) is 0 Å². The zero-order valence-electron chi connectivity index (χ0n) is 20.9. The number of imidazole rings is 1. The summed E-state index contributed by atoms with van der Waals surface area (Å²) < 4.78 is 13.8. The first kappa shape index (κ1) is 22.6. The Labute approximate surface area is 207 Å². The van der Waals surface area contributed by atoms with Gasteiger partial charge in [-0.2, -0.15) is 0 Å². The van der Waals surface area contributed by atoms with Crippen LogP contribution in [0.2, 0.25) is 0 Å². The standard InChI is InChI=1S/C28H35N5O2/c1-21-17-24(32-11-9-30(2)10-12-32)4-5-25(21)22-3-6-26-27(18-22)35-20-28-29-23(19-33(26)28)7-8-31-13-15-34-16-14-31/h3-6,17-19H,7-16,20H2,1-2H3. The lowest BCUT2D eigenvalue weighted by Crippen LogP contribution is -2.44. The third-order valence-corrected chi connectivity index (χ3v) is 7.58. The van der Waals surface area contributed by atoms with Crippen LogP contribution in [0.15, 0.2) is 42.6 Å². The predicted octanol–water partition coefficient (Wildman–Crippen LogP) is 3.37. The highest BCUT2D eigenvalue weighted by Gasteiger charge is 2.21. The molecule has 0 atom stereocenters. The van der Waals surface area contributed by atoms with Crippen LogP contribution in [0.3, 0.4) is 0 Å². The molecule has 6 rings (SSSR count). The number of benzene rings is 2. The molecule has 2 fully saturated rings. The minimum absolute atomic E-state index is 0.509. The third-order valence-electron chi connectivity index (χ3n) is 7.58. The Morgan fingerprint density at radius 2 is 1.77 bits per heavy atom. The first-order valence-electron chi connectivity index (χ1n) is 12.8. The van der Waals surface area contributed by atoms with Gasteiger partial charge < -0.3 is 19.3 Å². The van der Waals surface area contributed by atoms with Crippen molar-refractivity contribution in [1.29, 1.82) is 0 Å². The predicted molar refractivity (Wildman–Crippen MR) is 139 cm³/mol. The molecular weight excluding hydrogens is 438 g/mol. The molecule has 4 heterocycles. The Kier molecular flexibility index (Phi) is 6.22. The summed E-state index contributed by atoms with van der Waals surface area (Å²) in [6.07, 6.45) is 3.14. The Hall–Kier alpha value is -2.87. The summed E-state index contributed by atoms with van der Waals surface area (Å²) in [6, 6.07) is 13.4. The number of aromatic nitrogens is 2. The summed E-state index contributed by atoms with van der Waals surface area (Å²) in [7, 11) is 2.20. The molecule has 3 aromatic rings. The smallest absolute Gasteiger partial charge is 0.151 e. The number of ether oxygens (including phenoxy) is 2. The maximum absolute atomic E-state index is 6.17. The highest BCUT2D eigenvalue weighted by atomic mass is 16.5. The van der Waals surface area contributed by atoms with Crippen LogP contribution in [-0.4, -0.2) is 85.4 Å². The molecule has 0 spiro atoms. The fourth-order valence-corrected chi connectivity index (χ4v) is 5.37. The fourth-order valence-electron chi connectivity index (χ4n) is 5.37. The van der Waals surface area contributed by atoms with Crippen molar-refractivity contribution in [3.63, 3.8) is 0 Å². The third kappa shape index (κ3) is 4.68. The van der Waals surface area contributed by atoms with Crippen LogP contribution in [-0.2, 0) is 17.8 Å². The molecule has 3 aliphatic heterocycles. The van der Waals surface area contributed by atoms with Crippen LogP contribution in [0.4, 0.5) is 5.69 Å². The van der Waals surface area contributed by atoms with E-state index in [-0.39, 0.29) is 0 Å². The van der Waals surface area contributed by atoms with Crippen molar-refractivity contribution in [2.45, 2.75) is 20.0 Å². The van der Waals surface area contributed by atoms with Crippen LogP contribution in [0.5, 0.6) is 5.75 Å². The van der Waals surface area contributed by atoms with Gasteiger partial charge in [0.1, 0.15) is 12.4 Å². The van der Waals surface area contributed by atoms with Crippen LogP contribution < -0.4 is 9.64 Å². The second kappa shape index (κ2) is 9.64. The summed E-state index contributed by atoms with van der Waals surface area (Å²) in [4.78, 5) is 12.2. The lowest BCUT2D eigenvalue weighted by Gasteiger charge is -2.34. The van der Waals surface area contributed by atoms with E-state index < -0.39 is 0 Å². The summed E-state index contributed by atoms with van der Waals surface area (Å²) in [6.45, 7) is 11.9. The Morgan fingerprint density at radius 3 is 2.57 bits per heavy atom. The van der Waals surface area contributed by atoms with Gasteiger partial charge in [0.2, 0.25) is 0 Å². The van der Waals surface area contributed by atoms with Gasteiger partial charge in [0.25, 0.3) is 0 Å². The number of rotatable bonds is 5. The minimum Gasteiger partial charge on any atom is -0.483 e. The molecule has 0 amide bonds. The van der Waals surface area contributed by atoms with E-state index in [0.29, 0.717) is 6.61 Å². The van der Waals surface area contributed by atoms with E-state index in [1.54, 1.807) is 0 Å². The zero-order valence-corrected chi connectivity index (χ0v) is 20.9. The molecule has 3 aliphatic rings. The first-order valence-corrected chi connectivity index (χ1v) is 12.8. The molecule has 0 aliphatic carbocycles. The van der Waals surface area contributed by atoms with Crippen LogP contribution in [0, 0.1) is 6.92 Å². The molecule has 2 saturated heterocycles. The largest absolute Gasteiger partial charge is 0.483 e. The molecule has 0 N–H and O–H groups in total. The Balaban J connectivity index is 1.19. The van der Waals surface area contributed by atoms with E-state index in [0.717, 1.165) is 88.4 Å². The number of morpholine rings is 1. The van der Waals surface area contributed by atoms with Gasteiger partial charge >= 0.3 is 0 Å².